The van der Waals surface area contributed by atoms with Gasteiger partial charge in [-0.2, -0.15) is 13.2 Å². The molecule has 0 N–H and O–H groups in total. The smallest absolute Gasteiger partial charge is 0.381 e. The van der Waals surface area contributed by atoms with E-state index in [1.165, 1.54) is 5.92 Å². The Morgan fingerprint density at radius 1 is 1.07 bits per heavy atom. The number of hydrogen-bond donors (Lipinski definition) is 0. The first kappa shape index (κ1) is 14.3. The van der Waals surface area contributed by atoms with Gasteiger partial charge < -0.3 is 4.74 Å². The minimum Gasteiger partial charge on any atom is -0.381 e. The quantitative estimate of drug-likeness (QED) is 0.473. The molecule has 0 fully saturated rings. The molecule has 0 radical (unpaired) electrons. The van der Waals surface area contributed by atoms with Gasteiger partial charge in [-0.3, -0.25) is 0 Å². The van der Waals surface area contributed by atoms with Crippen LogP contribution < -0.4 is 0 Å². The maximum absolute atomic E-state index is 11.6. The van der Waals surface area contributed by atoms with Gasteiger partial charge in [0.25, 0.3) is 0 Å². The Morgan fingerprint density at radius 2 is 1.80 bits per heavy atom. The lowest BCUT2D eigenvalue weighted by atomic mass is 10.2. The normalized spacial score (nSPS) is 10.9. The minimum absolute atomic E-state index is 0.313. The zero-order valence-corrected chi connectivity index (χ0v) is 8.99. The molecule has 4 heteroatoms. The molecule has 88 valence electrons. The average molecular weight is 222 g/mol. The number of unbranched alkanes of at least 4 members (excludes halogenated alkanes) is 3. The van der Waals surface area contributed by atoms with Gasteiger partial charge in [-0.05, 0) is 19.3 Å². The maximum Gasteiger partial charge on any atom is 0.457 e. The fourth-order valence-electron chi connectivity index (χ4n) is 1.00. The Morgan fingerprint density at radius 3 is 2.40 bits per heavy atom. The molecule has 0 amide bonds. The van der Waals surface area contributed by atoms with Crippen LogP contribution in [0.25, 0.3) is 0 Å². The van der Waals surface area contributed by atoms with Crippen molar-refractivity contribution in [2.24, 2.45) is 0 Å². The van der Waals surface area contributed by atoms with Gasteiger partial charge in [0.1, 0.15) is 0 Å². The number of alkyl halides is 3. The second-order valence-corrected chi connectivity index (χ2v) is 3.22. The molecule has 0 spiro atoms. The van der Waals surface area contributed by atoms with Crippen molar-refractivity contribution in [1.82, 2.24) is 0 Å². The van der Waals surface area contributed by atoms with Crippen LogP contribution in [-0.2, 0) is 4.74 Å². The minimum atomic E-state index is -4.34. The molecule has 0 bridgehead atoms. The Hall–Kier alpha value is -0.690. The van der Waals surface area contributed by atoms with E-state index in [2.05, 4.69) is 5.92 Å². The Balaban J connectivity index is 3.21. The van der Waals surface area contributed by atoms with Gasteiger partial charge >= 0.3 is 6.18 Å². The zero-order chi connectivity index (χ0) is 11.6. The summed E-state index contributed by atoms with van der Waals surface area (Å²) in [6.45, 7) is 3.49. The molecule has 0 aromatic rings. The van der Waals surface area contributed by atoms with Crippen molar-refractivity contribution in [2.75, 3.05) is 13.2 Å². The van der Waals surface area contributed by atoms with Crippen LogP contribution >= 0.6 is 0 Å². The lowest BCUT2D eigenvalue weighted by Gasteiger charge is -2.00. The molecule has 0 aliphatic carbocycles. The summed E-state index contributed by atoms with van der Waals surface area (Å²) in [5.74, 6) is 3.36. The van der Waals surface area contributed by atoms with E-state index >= 15 is 0 Å². The summed E-state index contributed by atoms with van der Waals surface area (Å²) in [5.41, 5.74) is 0. The third-order valence-electron chi connectivity index (χ3n) is 1.67. The van der Waals surface area contributed by atoms with Crippen molar-refractivity contribution in [2.45, 2.75) is 45.2 Å². The molecule has 0 saturated heterocycles. The lowest BCUT2D eigenvalue weighted by Crippen LogP contribution is -2.01. The van der Waals surface area contributed by atoms with Gasteiger partial charge in [-0.15, -0.1) is 0 Å². The SMILES string of the molecule is CCCOCCCCCC#CC(F)(F)F. The molecule has 0 aromatic heterocycles. The summed E-state index contributed by atoms with van der Waals surface area (Å²) in [6.07, 6.45) is -0.558. The monoisotopic (exact) mass is 222 g/mol. The predicted octanol–water partition coefficient (Wildman–Crippen LogP) is 3.54. The first-order valence-electron chi connectivity index (χ1n) is 5.20. The molecule has 0 atom stereocenters. The van der Waals surface area contributed by atoms with Crippen molar-refractivity contribution in [3.05, 3.63) is 0 Å². The van der Waals surface area contributed by atoms with Crippen LogP contribution in [-0.4, -0.2) is 19.4 Å². The van der Waals surface area contributed by atoms with Crippen molar-refractivity contribution >= 4 is 0 Å². The van der Waals surface area contributed by atoms with Gasteiger partial charge in [-0.1, -0.05) is 19.3 Å². The second kappa shape index (κ2) is 8.60. The van der Waals surface area contributed by atoms with Gasteiger partial charge in [0.15, 0.2) is 0 Å². The summed E-state index contributed by atoms with van der Waals surface area (Å²) < 4.78 is 40.0. The third-order valence-corrected chi connectivity index (χ3v) is 1.67. The average Bonchev–Trinajstić information content (AvgIpc) is 2.14. The summed E-state index contributed by atoms with van der Waals surface area (Å²) in [4.78, 5) is 0. The number of halogens is 3. The van der Waals surface area contributed by atoms with Crippen molar-refractivity contribution in [3.8, 4) is 11.8 Å². The summed E-state index contributed by atoms with van der Waals surface area (Å²) >= 11 is 0. The lowest BCUT2D eigenvalue weighted by molar-refractivity contribution is -0.0697. The van der Waals surface area contributed by atoms with Crippen molar-refractivity contribution in [1.29, 1.82) is 0 Å². The van der Waals surface area contributed by atoms with E-state index in [-0.39, 0.29) is 0 Å². The van der Waals surface area contributed by atoms with Crippen LogP contribution in [0.4, 0.5) is 13.2 Å². The Labute approximate surface area is 89.0 Å². The topological polar surface area (TPSA) is 9.23 Å². The molecule has 0 rings (SSSR count). The molecule has 0 aliphatic heterocycles. The van der Waals surface area contributed by atoms with Crippen molar-refractivity contribution in [3.63, 3.8) is 0 Å². The molecule has 0 saturated carbocycles. The molecular weight excluding hydrogens is 205 g/mol. The van der Waals surface area contributed by atoms with Gasteiger partial charge in [0.05, 0.1) is 0 Å². The van der Waals surface area contributed by atoms with E-state index < -0.39 is 6.18 Å². The molecular formula is C11H17F3O. The van der Waals surface area contributed by atoms with Gasteiger partial charge in [-0.25, -0.2) is 0 Å². The van der Waals surface area contributed by atoms with Crippen molar-refractivity contribution < 1.29 is 17.9 Å². The van der Waals surface area contributed by atoms with Gasteiger partial charge in [0, 0.05) is 25.6 Å². The molecule has 0 aliphatic rings. The van der Waals surface area contributed by atoms with Crippen LogP contribution in [0, 0.1) is 11.8 Å². The largest absolute Gasteiger partial charge is 0.457 e. The van der Waals surface area contributed by atoms with E-state index in [0.717, 1.165) is 25.9 Å². The van der Waals surface area contributed by atoms with E-state index in [1.807, 2.05) is 6.92 Å². The Kier molecular flexibility index (Phi) is 8.21. The van der Waals surface area contributed by atoms with Crippen LogP contribution in [0.15, 0.2) is 0 Å². The number of ether oxygens (including phenoxy) is 1. The van der Waals surface area contributed by atoms with Crippen LogP contribution in [0.2, 0.25) is 0 Å². The maximum atomic E-state index is 11.6. The molecule has 0 heterocycles. The van der Waals surface area contributed by atoms with E-state index in [1.54, 1.807) is 0 Å². The summed E-state index contributed by atoms with van der Waals surface area (Å²) in [5, 5.41) is 0. The molecule has 1 nitrogen and oxygen atoms in total. The summed E-state index contributed by atoms with van der Waals surface area (Å²) in [6, 6.07) is 0. The third kappa shape index (κ3) is 13.3. The highest BCUT2D eigenvalue weighted by Gasteiger charge is 2.22. The van der Waals surface area contributed by atoms with E-state index in [4.69, 9.17) is 4.74 Å². The predicted molar refractivity (Wildman–Crippen MR) is 53.4 cm³/mol. The summed E-state index contributed by atoms with van der Waals surface area (Å²) in [7, 11) is 0. The molecule has 0 aromatic carbocycles. The number of rotatable bonds is 7. The Bertz CT molecular complexity index is 200. The highest BCUT2D eigenvalue weighted by atomic mass is 19.4. The first-order valence-corrected chi connectivity index (χ1v) is 5.20. The van der Waals surface area contributed by atoms with Gasteiger partial charge in [0.2, 0.25) is 0 Å². The van der Waals surface area contributed by atoms with Crippen LogP contribution in [0.3, 0.4) is 0 Å². The van der Waals surface area contributed by atoms with Crippen LogP contribution in [0.1, 0.15) is 39.0 Å². The molecule has 15 heavy (non-hydrogen) atoms. The second-order valence-electron chi connectivity index (χ2n) is 3.22. The van der Waals surface area contributed by atoms with Crippen LogP contribution in [0.5, 0.6) is 0 Å². The highest BCUT2D eigenvalue weighted by molar-refractivity contribution is 5.04. The standard InChI is InChI=1S/C11H17F3O/c1-2-9-15-10-7-5-3-4-6-8-11(12,13)14/h2-5,7,9-10H2,1H3. The fourth-order valence-corrected chi connectivity index (χ4v) is 1.00. The van der Waals surface area contributed by atoms with E-state index in [9.17, 15) is 13.2 Å². The first-order chi connectivity index (χ1) is 7.06. The zero-order valence-electron chi connectivity index (χ0n) is 8.99. The highest BCUT2D eigenvalue weighted by Crippen LogP contribution is 2.12. The fraction of sp³-hybridized carbons (Fsp3) is 0.818. The van der Waals surface area contributed by atoms with E-state index in [0.29, 0.717) is 19.4 Å². The number of hydrogen-bond acceptors (Lipinski definition) is 1. The molecule has 0 unspecified atom stereocenters.